The van der Waals surface area contributed by atoms with E-state index >= 15 is 0 Å². The molecule has 0 fully saturated rings. The Hall–Kier alpha value is -2.24. The lowest BCUT2D eigenvalue weighted by Crippen LogP contribution is -2.38. The predicted octanol–water partition coefficient (Wildman–Crippen LogP) is 3.47. The van der Waals surface area contributed by atoms with E-state index in [4.69, 9.17) is 8.94 Å². The summed E-state index contributed by atoms with van der Waals surface area (Å²) in [6.07, 6.45) is 4.65. The van der Waals surface area contributed by atoms with Gasteiger partial charge in [0.25, 0.3) is 0 Å². The second kappa shape index (κ2) is 9.80. The Labute approximate surface area is 143 Å². The molecule has 0 unspecified atom stereocenters. The smallest absolute Gasteiger partial charge is 0.191 e. The highest BCUT2D eigenvalue weighted by atomic mass is 16.5. The number of nitrogens with one attached hydrogen (secondary N) is 2. The average molecular weight is 332 g/mol. The van der Waals surface area contributed by atoms with Gasteiger partial charge in [-0.25, -0.2) is 4.99 Å². The minimum atomic E-state index is 0.464. The van der Waals surface area contributed by atoms with E-state index in [1.807, 2.05) is 25.1 Å². The summed E-state index contributed by atoms with van der Waals surface area (Å²) in [4.78, 5) is 4.56. The normalized spacial score (nSPS) is 11.9. The lowest BCUT2D eigenvalue weighted by atomic mass is 9.99. The van der Waals surface area contributed by atoms with Gasteiger partial charge in [0, 0.05) is 31.5 Å². The van der Waals surface area contributed by atoms with Crippen LogP contribution in [0.2, 0.25) is 0 Å². The number of aliphatic imine (C=N–C) groups is 1. The van der Waals surface area contributed by atoms with Gasteiger partial charge in [0.2, 0.25) is 0 Å². The third-order valence-electron chi connectivity index (χ3n) is 3.96. The van der Waals surface area contributed by atoms with Gasteiger partial charge in [-0.15, -0.1) is 0 Å². The minimum Gasteiger partial charge on any atom is -0.469 e. The summed E-state index contributed by atoms with van der Waals surface area (Å²) in [6.45, 7) is 8.43. The molecule has 0 amide bonds. The minimum absolute atomic E-state index is 0.464. The summed E-state index contributed by atoms with van der Waals surface area (Å²) < 4.78 is 10.7. The quantitative estimate of drug-likeness (QED) is 0.543. The molecule has 2 heterocycles. The van der Waals surface area contributed by atoms with Crippen molar-refractivity contribution in [3.8, 4) is 0 Å². The lowest BCUT2D eigenvalue weighted by Gasteiger charge is -2.10. The number of hydrogen-bond acceptors (Lipinski definition) is 4. The van der Waals surface area contributed by atoms with Crippen LogP contribution in [0.1, 0.15) is 56.7 Å². The standard InChI is InChI=1S/C18H28N4O2/c1-4-14(5-2)17-12-16(24-22-17)13-21-18(19-6-3)20-10-9-15-8-7-11-23-15/h7-8,11-12,14H,4-6,9-10,13H2,1-3H3,(H2,19,20,21). The molecule has 24 heavy (non-hydrogen) atoms. The van der Waals surface area contributed by atoms with Crippen LogP contribution in [0.3, 0.4) is 0 Å². The summed E-state index contributed by atoms with van der Waals surface area (Å²) in [5, 5.41) is 10.7. The first-order chi connectivity index (χ1) is 11.8. The molecule has 0 aliphatic rings. The van der Waals surface area contributed by atoms with Crippen molar-refractivity contribution < 1.29 is 8.94 Å². The maximum atomic E-state index is 5.41. The van der Waals surface area contributed by atoms with Crippen LogP contribution in [0.25, 0.3) is 0 Å². The molecular weight excluding hydrogens is 304 g/mol. The van der Waals surface area contributed by atoms with E-state index in [2.05, 4.69) is 34.6 Å². The van der Waals surface area contributed by atoms with Crippen molar-refractivity contribution >= 4 is 5.96 Å². The first-order valence-electron chi connectivity index (χ1n) is 8.76. The van der Waals surface area contributed by atoms with E-state index in [1.54, 1.807) is 6.26 Å². The van der Waals surface area contributed by atoms with Crippen LogP contribution in [0.4, 0.5) is 0 Å². The van der Waals surface area contributed by atoms with Crippen LogP contribution >= 0.6 is 0 Å². The molecule has 0 radical (unpaired) electrons. The van der Waals surface area contributed by atoms with Crippen LogP contribution in [-0.2, 0) is 13.0 Å². The second-order valence-electron chi connectivity index (χ2n) is 5.68. The monoisotopic (exact) mass is 332 g/mol. The zero-order valence-electron chi connectivity index (χ0n) is 14.8. The SMILES string of the molecule is CCNC(=NCc1cc(C(CC)CC)no1)NCCc1ccco1. The van der Waals surface area contributed by atoms with E-state index in [0.717, 1.165) is 55.5 Å². The third-order valence-corrected chi connectivity index (χ3v) is 3.96. The molecule has 0 atom stereocenters. The van der Waals surface area contributed by atoms with Crippen LogP contribution in [0.5, 0.6) is 0 Å². The molecule has 132 valence electrons. The summed E-state index contributed by atoms with van der Waals surface area (Å²) in [7, 11) is 0. The number of aromatic nitrogens is 1. The fourth-order valence-electron chi connectivity index (χ4n) is 2.56. The van der Waals surface area contributed by atoms with E-state index < -0.39 is 0 Å². The van der Waals surface area contributed by atoms with Gasteiger partial charge >= 0.3 is 0 Å². The average Bonchev–Trinajstić information content (AvgIpc) is 3.26. The maximum Gasteiger partial charge on any atom is 0.191 e. The van der Waals surface area contributed by atoms with Gasteiger partial charge in [0.1, 0.15) is 12.3 Å². The Morgan fingerprint density at radius 2 is 2.04 bits per heavy atom. The van der Waals surface area contributed by atoms with Crippen LogP contribution in [0.15, 0.2) is 38.4 Å². The Morgan fingerprint density at radius 3 is 2.71 bits per heavy atom. The van der Waals surface area contributed by atoms with E-state index in [1.165, 1.54) is 0 Å². The Morgan fingerprint density at radius 1 is 1.21 bits per heavy atom. The fraction of sp³-hybridized carbons (Fsp3) is 0.556. The molecule has 0 spiro atoms. The number of hydrogen-bond donors (Lipinski definition) is 2. The molecule has 2 N–H and O–H groups in total. The molecule has 0 saturated carbocycles. The van der Waals surface area contributed by atoms with Gasteiger partial charge in [0.05, 0.1) is 12.0 Å². The topological polar surface area (TPSA) is 75.6 Å². The molecule has 6 heteroatoms. The van der Waals surface area contributed by atoms with Crippen molar-refractivity contribution in [2.45, 2.75) is 52.5 Å². The van der Waals surface area contributed by atoms with Crippen molar-refractivity contribution in [2.24, 2.45) is 4.99 Å². The predicted molar refractivity (Wildman–Crippen MR) is 95.1 cm³/mol. The molecule has 0 aliphatic heterocycles. The first kappa shape index (κ1) is 18.1. The summed E-state index contributed by atoms with van der Waals surface area (Å²) in [6, 6.07) is 5.89. The number of furan rings is 1. The highest BCUT2D eigenvalue weighted by Crippen LogP contribution is 2.22. The molecule has 6 nitrogen and oxygen atoms in total. The summed E-state index contributed by atoms with van der Waals surface area (Å²) in [5.41, 5.74) is 1.03. The van der Waals surface area contributed by atoms with Gasteiger partial charge in [-0.05, 0) is 31.9 Å². The van der Waals surface area contributed by atoms with E-state index in [-0.39, 0.29) is 0 Å². The lowest BCUT2D eigenvalue weighted by molar-refractivity contribution is 0.372. The van der Waals surface area contributed by atoms with Gasteiger partial charge in [-0.3, -0.25) is 0 Å². The fourth-order valence-corrected chi connectivity index (χ4v) is 2.56. The number of rotatable bonds is 9. The molecule has 2 aromatic heterocycles. The van der Waals surface area contributed by atoms with Crippen LogP contribution in [0, 0.1) is 0 Å². The molecule has 0 saturated heterocycles. The Balaban J connectivity index is 1.87. The van der Waals surface area contributed by atoms with Gasteiger partial charge in [-0.1, -0.05) is 19.0 Å². The van der Waals surface area contributed by atoms with Crippen molar-refractivity contribution in [3.63, 3.8) is 0 Å². The van der Waals surface area contributed by atoms with Crippen molar-refractivity contribution in [1.29, 1.82) is 0 Å². The molecular formula is C18H28N4O2. The van der Waals surface area contributed by atoms with Crippen LogP contribution < -0.4 is 10.6 Å². The van der Waals surface area contributed by atoms with Gasteiger partial charge in [0.15, 0.2) is 11.7 Å². The first-order valence-corrected chi connectivity index (χ1v) is 8.76. The molecule has 0 bridgehead atoms. The second-order valence-corrected chi connectivity index (χ2v) is 5.68. The maximum absolute atomic E-state index is 5.41. The van der Waals surface area contributed by atoms with Crippen molar-refractivity contribution in [1.82, 2.24) is 15.8 Å². The zero-order chi connectivity index (χ0) is 17.2. The number of nitrogens with zero attached hydrogens (tertiary/aromatic N) is 2. The van der Waals surface area contributed by atoms with Gasteiger partial charge < -0.3 is 19.6 Å². The molecule has 0 aliphatic carbocycles. The highest BCUT2D eigenvalue weighted by molar-refractivity contribution is 5.79. The summed E-state index contributed by atoms with van der Waals surface area (Å²) in [5.74, 6) is 2.99. The molecule has 0 aromatic carbocycles. The Kier molecular flexibility index (Phi) is 7.39. The van der Waals surface area contributed by atoms with E-state index in [0.29, 0.717) is 12.5 Å². The molecule has 2 aromatic rings. The Bertz CT molecular complexity index is 600. The highest BCUT2D eigenvalue weighted by Gasteiger charge is 2.12. The number of guanidine groups is 1. The van der Waals surface area contributed by atoms with Gasteiger partial charge in [-0.2, -0.15) is 0 Å². The largest absolute Gasteiger partial charge is 0.469 e. The zero-order valence-corrected chi connectivity index (χ0v) is 14.8. The van der Waals surface area contributed by atoms with Crippen molar-refractivity contribution in [3.05, 3.63) is 41.7 Å². The van der Waals surface area contributed by atoms with E-state index in [9.17, 15) is 0 Å². The summed E-state index contributed by atoms with van der Waals surface area (Å²) >= 11 is 0. The molecule has 2 rings (SSSR count). The van der Waals surface area contributed by atoms with Crippen LogP contribution in [-0.4, -0.2) is 24.2 Å². The third kappa shape index (κ3) is 5.44. The van der Waals surface area contributed by atoms with Crippen molar-refractivity contribution in [2.75, 3.05) is 13.1 Å².